The van der Waals surface area contributed by atoms with Crippen LogP contribution in [0.1, 0.15) is 49.7 Å². The number of ether oxygens (including phenoxy) is 2. The number of hydrogen-bond acceptors (Lipinski definition) is 5. The smallest absolute Gasteiger partial charge is 0.270 e. The van der Waals surface area contributed by atoms with E-state index in [-0.39, 0.29) is 31.0 Å². The van der Waals surface area contributed by atoms with Gasteiger partial charge in [0.25, 0.3) is 5.69 Å². The molecule has 0 atom stereocenters. The van der Waals surface area contributed by atoms with Crippen molar-refractivity contribution in [2.75, 3.05) is 6.79 Å². The zero-order chi connectivity index (χ0) is 17.6. The van der Waals surface area contributed by atoms with Crippen LogP contribution >= 0.6 is 0 Å². The average Bonchev–Trinajstić information content (AvgIpc) is 2.88. The molecule has 1 fully saturated rings. The summed E-state index contributed by atoms with van der Waals surface area (Å²) in [5.74, 6) is 0.356. The fourth-order valence-corrected chi connectivity index (χ4v) is 3.30. The van der Waals surface area contributed by atoms with Crippen LogP contribution in [0.5, 0.6) is 5.75 Å². The molecule has 1 amide bonds. The Labute approximate surface area is 146 Å². The molecule has 1 aliphatic heterocycles. The fraction of sp³-hybridized carbons (Fsp3) is 0.500. The number of benzene rings is 1. The van der Waals surface area contributed by atoms with Gasteiger partial charge in [0.15, 0.2) is 6.79 Å². The number of amides is 1. The summed E-state index contributed by atoms with van der Waals surface area (Å²) in [5.41, 5.74) is 1.09. The molecule has 1 heterocycles. The lowest BCUT2D eigenvalue weighted by Gasteiger charge is -2.19. The molecule has 1 aliphatic carbocycles. The summed E-state index contributed by atoms with van der Waals surface area (Å²) in [7, 11) is 0. The Morgan fingerprint density at radius 2 is 2.00 bits per heavy atom. The van der Waals surface area contributed by atoms with E-state index in [0.717, 1.165) is 25.7 Å². The number of nitro groups is 1. The van der Waals surface area contributed by atoms with Crippen LogP contribution in [0.4, 0.5) is 5.69 Å². The Morgan fingerprint density at radius 3 is 2.72 bits per heavy atom. The Kier molecular flexibility index (Phi) is 5.65. The van der Waals surface area contributed by atoms with Crippen LogP contribution in [0.15, 0.2) is 18.2 Å². The van der Waals surface area contributed by atoms with Gasteiger partial charge < -0.3 is 14.8 Å². The van der Waals surface area contributed by atoms with Crippen molar-refractivity contribution in [2.24, 2.45) is 0 Å². The number of fused-ring (bicyclic) bond motifs is 1. The van der Waals surface area contributed by atoms with E-state index in [1.54, 1.807) is 6.08 Å². The SMILES string of the molecule is O=C(C=Cc1cc([N+](=O)[O-])cc2c1OCOC2)NC1CCCCCC1. The summed E-state index contributed by atoms with van der Waals surface area (Å²) in [6.07, 6.45) is 9.73. The topological polar surface area (TPSA) is 90.7 Å². The van der Waals surface area contributed by atoms with Crippen molar-refractivity contribution < 1.29 is 19.2 Å². The van der Waals surface area contributed by atoms with Crippen LogP contribution in [-0.4, -0.2) is 23.7 Å². The molecule has 2 aliphatic rings. The van der Waals surface area contributed by atoms with Crippen LogP contribution < -0.4 is 10.1 Å². The lowest BCUT2D eigenvalue weighted by Crippen LogP contribution is -2.33. The van der Waals surface area contributed by atoms with E-state index in [2.05, 4.69) is 5.32 Å². The Hall–Kier alpha value is -2.41. The summed E-state index contributed by atoms with van der Waals surface area (Å²) in [6.45, 7) is 0.353. The Balaban J connectivity index is 1.74. The van der Waals surface area contributed by atoms with Crippen LogP contribution in [-0.2, 0) is 16.1 Å². The zero-order valence-electron chi connectivity index (χ0n) is 14.0. The molecule has 1 saturated carbocycles. The van der Waals surface area contributed by atoms with Gasteiger partial charge in [0.05, 0.1) is 11.5 Å². The molecule has 0 saturated heterocycles. The fourth-order valence-electron chi connectivity index (χ4n) is 3.30. The van der Waals surface area contributed by atoms with Gasteiger partial charge in [0.2, 0.25) is 5.91 Å². The van der Waals surface area contributed by atoms with Gasteiger partial charge in [-0.3, -0.25) is 14.9 Å². The minimum atomic E-state index is -0.460. The summed E-state index contributed by atoms with van der Waals surface area (Å²) in [5, 5.41) is 14.1. The van der Waals surface area contributed by atoms with E-state index in [1.807, 2.05) is 0 Å². The van der Waals surface area contributed by atoms with Crippen molar-refractivity contribution in [1.82, 2.24) is 5.32 Å². The van der Waals surface area contributed by atoms with Gasteiger partial charge in [-0.25, -0.2) is 0 Å². The van der Waals surface area contributed by atoms with E-state index in [0.29, 0.717) is 16.9 Å². The second-order valence-electron chi connectivity index (χ2n) is 6.42. The van der Waals surface area contributed by atoms with Crippen molar-refractivity contribution in [3.8, 4) is 5.75 Å². The minimum absolute atomic E-state index is 0.0447. The molecule has 1 N–H and O–H groups in total. The molecule has 7 nitrogen and oxygen atoms in total. The molecular formula is C18H22N2O5. The molecule has 0 radical (unpaired) electrons. The predicted molar refractivity (Wildman–Crippen MR) is 92.0 cm³/mol. The Bertz CT molecular complexity index is 678. The van der Waals surface area contributed by atoms with Crippen molar-refractivity contribution in [3.63, 3.8) is 0 Å². The highest BCUT2D eigenvalue weighted by Crippen LogP contribution is 2.33. The Morgan fingerprint density at radius 1 is 1.24 bits per heavy atom. The van der Waals surface area contributed by atoms with Gasteiger partial charge in [-0.1, -0.05) is 25.7 Å². The lowest BCUT2D eigenvalue weighted by molar-refractivity contribution is -0.385. The van der Waals surface area contributed by atoms with Crippen LogP contribution in [0, 0.1) is 10.1 Å². The maximum Gasteiger partial charge on any atom is 0.270 e. The largest absolute Gasteiger partial charge is 0.467 e. The van der Waals surface area contributed by atoms with Gasteiger partial charge in [-0.05, 0) is 18.9 Å². The summed E-state index contributed by atoms with van der Waals surface area (Å²) in [4.78, 5) is 22.8. The highest BCUT2D eigenvalue weighted by molar-refractivity contribution is 5.92. The molecule has 0 aromatic heterocycles. The molecule has 0 unspecified atom stereocenters. The first kappa shape index (κ1) is 17.4. The summed E-state index contributed by atoms with van der Waals surface area (Å²) in [6, 6.07) is 3.07. The lowest BCUT2D eigenvalue weighted by atomic mass is 10.1. The van der Waals surface area contributed by atoms with Crippen molar-refractivity contribution in [2.45, 2.75) is 51.2 Å². The highest BCUT2D eigenvalue weighted by Gasteiger charge is 2.20. The van der Waals surface area contributed by atoms with Crippen LogP contribution in [0.3, 0.4) is 0 Å². The number of rotatable bonds is 4. The van der Waals surface area contributed by atoms with E-state index in [4.69, 9.17) is 9.47 Å². The van der Waals surface area contributed by atoms with Crippen molar-refractivity contribution in [1.29, 1.82) is 0 Å². The average molecular weight is 346 g/mol. The third kappa shape index (κ3) is 4.57. The second kappa shape index (κ2) is 8.11. The molecular weight excluding hydrogens is 324 g/mol. The number of hydrogen-bond donors (Lipinski definition) is 1. The first-order chi connectivity index (χ1) is 12.1. The first-order valence-electron chi connectivity index (χ1n) is 8.64. The third-order valence-electron chi connectivity index (χ3n) is 4.55. The maximum absolute atomic E-state index is 12.2. The minimum Gasteiger partial charge on any atom is -0.467 e. The van der Waals surface area contributed by atoms with Gasteiger partial charge in [0, 0.05) is 35.4 Å². The zero-order valence-corrected chi connectivity index (χ0v) is 14.0. The molecule has 0 bridgehead atoms. The highest BCUT2D eigenvalue weighted by atomic mass is 16.7. The second-order valence-corrected chi connectivity index (χ2v) is 6.42. The molecule has 1 aromatic carbocycles. The number of non-ortho nitro benzene ring substituents is 1. The van der Waals surface area contributed by atoms with E-state index in [1.165, 1.54) is 31.1 Å². The quantitative estimate of drug-likeness (QED) is 0.391. The van der Waals surface area contributed by atoms with E-state index >= 15 is 0 Å². The van der Waals surface area contributed by atoms with Crippen molar-refractivity contribution >= 4 is 17.7 Å². The van der Waals surface area contributed by atoms with Gasteiger partial charge in [-0.2, -0.15) is 0 Å². The predicted octanol–water partition coefficient (Wildman–Crippen LogP) is 3.31. The maximum atomic E-state index is 12.2. The number of nitro benzene ring substituents is 1. The molecule has 0 spiro atoms. The first-order valence-corrected chi connectivity index (χ1v) is 8.64. The number of carbonyl (C=O) groups is 1. The van der Waals surface area contributed by atoms with Gasteiger partial charge in [0.1, 0.15) is 5.75 Å². The summed E-state index contributed by atoms with van der Waals surface area (Å²) >= 11 is 0. The van der Waals surface area contributed by atoms with Crippen LogP contribution in [0.25, 0.3) is 6.08 Å². The molecule has 25 heavy (non-hydrogen) atoms. The van der Waals surface area contributed by atoms with E-state index < -0.39 is 4.92 Å². The number of nitrogens with one attached hydrogen (secondary N) is 1. The normalized spacial score (nSPS) is 18.2. The third-order valence-corrected chi connectivity index (χ3v) is 4.55. The molecule has 3 rings (SSSR count). The monoisotopic (exact) mass is 346 g/mol. The molecule has 1 aromatic rings. The summed E-state index contributed by atoms with van der Waals surface area (Å²) < 4.78 is 10.6. The molecule has 134 valence electrons. The van der Waals surface area contributed by atoms with Gasteiger partial charge >= 0.3 is 0 Å². The van der Waals surface area contributed by atoms with E-state index in [9.17, 15) is 14.9 Å². The van der Waals surface area contributed by atoms with Gasteiger partial charge in [-0.15, -0.1) is 0 Å². The molecule has 7 heteroatoms. The van der Waals surface area contributed by atoms with Crippen molar-refractivity contribution in [3.05, 3.63) is 39.4 Å². The number of nitrogens with zero attached hydrogens (tertiary/aromatic N) is 1. The number of carbonyl (C=O) groups excluding carboxylic acids is 1. The standard InChI is InChI=1S/C18H22N2O5/c21-17(19-15-5-3-1-2-4-6-15)8-7-13-9-16(20(22)23)10-14-11-24-12-25-18(13)14/h7-10,15H,1-6,11-12H2,(H,19,21). The van der Waals surface area contributed by atoms with Crippen LogP contribution in [0.2, 0.25) is 0 Å².